The Morgan fingerprint density at radius 2 is 1.66 bits per heavy atom. The van der Waals surface area contributed by atoms with Gasteiger partial charge in [-0.25, -0.2) is 9.78 Å². The van der Waals surface area contributed by atoms with E-state index in [0.717, 1.165) is 16.7 Å². The number of aryl methyl sites for hydroxylation is 3. The van der Waals surface area contributed by atoms with Crippen LogP contribution < -0.4 is 20.9 Å². The number of carbonyl (C=O) groups is 2. The van der Waals surface area contributed by atoms with Gasteiger partial charge in [0.05, 0.1) is 37.0 Å². The number of hydrogen-bond acceptors (Lipinski definition) is 5. The maximum atomic E-state index is 13.7. The summed E-state index contributed by atoms with van der Waals surface area (Å²) in [6.45, 7) is 7.69. The van der Waals surface area contributed by atoms with Crippen molar-refractivity contribution < 1.29 is 19.4 Å². The summed E-state index contributed by atoms with van der Waals surface area (Å²) in [5.41, 5.74) is 5.37. The van der Waals surface area contributed by atoms with Crippen LogP contribution in [0.1, 0.15) is 47.5 Å². The lowest BCUT2D eigenvalue weighted by atomic mass is 9.97. The predicted octanol–water partition coefficient (Wildman–Crippen LogP) is 6.11. The highest BCUT2D eigenvalue weighted by atomic mass is 16.5. The monoisotopic (exact) mass is 554 g/mol. The second-order valence-corrected chi connectivity index (χ2v) is 10.1. The largest absolute Gasteiger partial charge is 0.495 e. The van der Waals surface area contributed by atoms with E-state index in [4.69, 9.17) is 9.84 Å². The molecule has 4 aromatic rings. The summed E-state index contributed by atoms with van der Waals surface area (Å²) >= 11 is 0. The van der Waals surface area contributed by atoms with Crippen LogP contribution in [0.15, 0.2) is 71.5 Å². The SMILES string of the molecule is COc1cc(-c2c(C)nc(C)n(Cc3ccc(C(C)CC(=O)O)cc3)c2=O)ccc1NC(=O)Nc1ccccc1C. The zero-order chi connectivity index (χ0) is 29.7. The summed E-state index contributed by atoms with van der Waals surface area (Å²) in [6.07, 6.45) is 0.0539. The van der Waals surface area contributed by atoms with E-state index < -0.39 is 12.0 Å². The number of ether oxygens (including phenoxy) is 1. The molecule has 1 aromatic heterocycles. The van der Waals surface area contributed by atoms with Crippen LogP contribution in [0, 0.1) is 20.8 Å². The third kappa shape index (κ3) is 6.81. The van der Waals surface area contributed by atoms with Crippen molar-refractivity contribution in [1.29, 1.82) is 0 Å². The van der Waals surface area contributed by atoms with E-state index in [1.165, 1.54) is 7.11 Å². The molecule has 0 fully saturated rings. The molecule has 1 unspecified atom stereocenters. The fourth-order valence-corrected chi connectivity index (χ4v) is 4.77. The number of amides is 2. The number of rotatable bonds is 9. The van der Waals surface area contributed by atoms with Crippen LogP contribution in [-0.2, 0) is 11.3 Å². The van der Waals surface area contributed by atoms with Gasteiger partial charge in [0, 0.05) is 5.69 Å². The van der Waals surface area contributed by atoms with Crippen molar-refractivity contribution in [3.63, 3.8) is 0 Å². The summed E-state index contributed by atoms with van der Waals surface area (Å²) in [5, 5.41) is 14.7. The smallest absolute Gasteiger partial charge is 0.323 e. The van der Waals surface area contributed by atoms with E-state index >= 15 is 0 Å². The Hall–Kier alpha value is -4.92. The van der Waals surface area contributed by atoms with E-state index in [1.807, 2.05) is 62.4 Å². The average Bonchev–Trinajstić information content (AvgIpc) is 2.93. The summed E-state index contributed by atoms with van der Waals surface area (Å²) in [5.74, 6) is 0.0322. The lowest BCUT2D eigenvalue weighted by Gasteiger charge is -2.16. The number of nitrogens with one attached hydrogen (secondary N) is 2. The standard InChI is InChI=1S/C32H34N4O5/c1-19-8-6-7-9-26(19)34-32(40)35-27-15-14-25(17-28(27)41-5)30-21(3)33-22(4)36(31(30)39)18-23-10-12-24(13-11-23)20(2)16-29(37)38/h6-15,17,20H,16,18H2,1-5H3,(H,37,38)(H2,34,35,40). The third-order valence-corrected chi connectivity index (χ3v) is 7.04. The fraction of sp³-hybridized carbons (Fsp3) is 0.250. The van der Waals surface area contributed by atoms with Gasteiger partial charge in [0.15, 0.2) is 0 Å². The predicted molar refractivity (Wildman–Crippen MR) is 160 cm³/mol. The first-order valence-corrected chi connectivity index (χ1v) is 13.3. The van der Waals surface area contributed by atoms with Crippen molar-refractivity contribution in [2.45, 2.75) is 46.6 Å². The second-order valence-electron chi connectivity index (χ2n) is 10.1. The van der Waals surface area contributed by atoms with Gasteiger partial charge < -0.3 is 20.5 Å². The van der Waals surface area contributed by atoms with Crippen molar-refractivity contribution in [1.82, 2.24) is 9.55 Å². The van der Waals surface area contributed by atoms with Gasteiger partial charge in [0.1, 0.15) is 11.6 Å². The molecule has 4 rings (SSSR count). The normalized spacial score (nSPS) is 11.5. The molecule has 1 heterocycles. The number of aliphatic carboxylic acids is 1. The number of methoxy groups -OCH3 is 1. The van der Waals surface area contributed by atoms with Crippen LogP contribution in [-0.4, -0.2) is 33.8 Å². The van der Waals surface area contributed by atoms with Gasteiger partial charge in [-0.3, -0.25) is 14.2 Å². The molecule has 0 radical (unpaired) electrons. The Morgan fingerprint density at radius 3 is 2.32 bits per heavy atom. The van der Waals surface area contributed by atoms with Gasteiger partial charge in [-0.05, 0) is 67.1 Å². The molecule has 0 aliphatic heterocycles. The van der Waals surface area contributed by atoms with E-state index in [0.29, 0.717) is 46.3 Å². The number of urea groups is 1. The molecule has 2 amide bonds. The Kier molecular flexibility index (Phi) is 8.87. The van der Waals surface area contributed by atoms with Gasteiger partial charge in [-0.2, -0.15) is 0 Å². The summed E-state index contributed by atoms with van der Waals surface area (Å²) in [7, 11) is 1.50. The van der Waals surface area contributed by atoms with Crippen molar-refractivity contribution in [3.05, 3.63) is 105 Å². The Balaban J connectivity index is 1.59. The molecule has 1 atom stereocenters. The second kappa shape index (κ2) is 12.5. The fourth-order valence-electron chi connectivity index (χ4n) is 4.77. The number of nitrogens with zero attached hydrogens (tertiary/aromatic N) is 2. The van der Waals surface area contributed by atoms with E-state index in [1.54, 1.807) is 36.6 Å². The molecule has 0 aliphatic carbocycles. The first-order valence-electron chi connectivity index (χ1n) is 13.3. The van der Waals surface area contributed by atoms with Crippen molar-refractivity contribution in [2.75, 3.05) is 17.7 Å². The molecule has 9 nitrogen and oxygen atoms in total. The molecule has 0 saturated carbocycles. The number of hydrogen-bond donors (Lipinski definition) is 3. The molecule has 0 spiro atoms. The number of aromatic nitrogens is 2. The quantitative estimate of drug-likeness (QED) is 0.229. The molecule has 212 valence electrons. The van der Waals surface area contributed by atoms with Gasteiger partial charge >= 0.3 is 12.0 Å². The van der Waals surface area contributed by atoms with E-state index in [-0.39, 0.29) is 17.9 Å². The van der Waals surface area contributed by atoms with Gasteiger partial charge in [0.25, 0.3) is 5.56 Å². The number of benzene rings is 3. The molecular weight excluding hydrogens is 520 g/mol. The van der Waals surface area contributed by atoms with Crippen LogP contribution >= 0.6 is 0 Å². The van der Waals surface area contributed by atoms with Crippen LogP contribution in [0.2, 0.25) is 0 Å². The van der Waals surface area contributed by atoms with E-state index in [2.05, 4.69) is 15.6 Å². The van der Waals surface area contributed by atoms with Gasteiger partial charge in [-0.15, -0.1) is 0 Å². The molecule has 3 aromatic carbocycles. The van der Waals surface area contributed by atoms with Crippen molar-refractivity contribution in [3.8, 4) is 16.9 Å². The number of carbonyl (C=O) groups excluding carboxylic acids is 1. The first kappa shape index (κ1) is 29.1. The zero-order valence-corrected chi connectivity index (χ0v) is 23.8. The lowest BCUT2D eigenvalue weighted by molar-refractivity contribution is -0.137. The van der Waals surface area contributed by atoms with Gasteiger partial charge in [-0.1, -0.05) is 55.5 Å². The maximum absolute atomic E-state index is 13.7. The molecule has 41 heavy (non-hydrogen) atoms. The first-order chi connectivity index (χ1) is 19.6. The summed E-state index contributed by atoms with van der Waals surface area (Å²) in [6, 6.07) is 19.9. The average molecular weight is 555 g/mol. The number of carboxylic acids is 1. The highest BCUT2D eigenvalue weighted by molar-refractivity contribution is 6.01. The Bertz CT molecular complexity index is 1640. The number of carboxylic acid groups (broad SMARTS) is 1. The van der Waals surface area contributed by atoms with Crippen molar-refractivity contribution in [2.24, 2.45) is 0 Å². The highest BCUT2D eigenvalue weighted by Crippen LogP contribution is 2.31. The summed E-state index contributed by atoms with van der Waals surface area (Å²) < 4.78 is 7.17. The molecule has 0 bridgehead atoms. The molecule has 0 aliphatic rings. The number of anilines is 2. The van der Waals surface area contributed by atoms with Crippen LogP contribution in [0.4, 0.5) is 16.2 Å². The topological polar surface area (TPSA) is 123 Å². The maximum Gasteiger partial charge on any atom is 0.323 e. The molecule has 9 heteroatoms. The minimum absolute atomic E-state index is 0.0539. The van der Waals surface area contributed by atoms with Gasteiger partial charge in [0.2, 0.25) is 0 Å². The summed E-state index contributed by atoms with van der Waals surface area (Å²) in [4.78, 5) is 42.1. The van der Waals surface area contributed by atoms with Crippen LogP contribution in [0.25, 0.3) is 11.1 Å². The minimum Gasteiger partial charge on any atom is -0.495 e. The number of para-hydroxylation sites is 1. The van der Waals surface area contributed by atoms with Crippen LogP contribution in [0.5, 0.6) is 5.75 Å². The zero-order valence-electron chi connectivity index (χ0n) is 23.8. The molecular formula is C32H34N4O5. The Labute approximate surface area is 238 Å². The highest BCUT2D eigenvalue weighted by Gasteiger charge is 2.18. The molecule has 0 saturated heterocycles. The van der Waals surface area contributed by atoms with Crippen LogP contribution in [0.3, 0.4) is 0 Å². The Morgan fingerprint density at radius 1 is 0.976 bits per heavy atom. The lowest BCUT2D eigenvalue weighted by Crippen LogP contribution is -2.27. The minimum atomic E-state index is -0.840. The molecule has 3 N–H and O–H groups in total. The van der Waals surface area contributed by atoms with Crippen molar-refractivity contribution >= 4 is 23.4 Å². The third-order valence-electron chi connectivity index (χ3n) is 7.04. The van der Waals surface area contributed by atoms with E-state index in [9.17, 15) is 14.4 Å².